The lowest BCUT2D eigenvalue weighted by atomic mass is 10.0. The molecular weight excluding hydrogens is 254 g/mol. The molecule has 4 nitrogen and oxygen atoms in total. The average Bonchev–Trinajstić information content (AvgIpc) is 2.76. The van der Waals surface area contributed by atoms with Crippen LogP contribution in [-0.4, -0.2) is 16.2 Å². The second kappa shape index (κ2) is 4.82. The molecule has 0 aliphatic rings. The van der Waals surface area contributed by atoms with Crippen molar-refractivity contribution < 1.29 is 14.4 Å². The van der Waals surface area contributed by atoms with E-state index >= 15 is 0 Å². The number of halogens is 1. The van der Waals surface area contributed by atoms with Crippen molar-refractivity contribution in [3.8, 4) is 11.3 Å². The maximum atomic E-state index is 11.3. The molecule has 0 aliphatic heterocycles. The maximum Gasteiger partial charge on any atom is 0.341 e. The van der Waals surface area contributed by atoms with Gasteiger partial charge in [-0.25, -0.2) is 4.79 Å². The van der Waals surface area contributed by atoms with Crippen LogP contribution in [0.3, 0.4) is 0 Å². The van der Waals surface area contributed by atoms with Crippen molar-refractivity contribution in [2.45, 2.75) is 20.3 Å². The van der Waals surface area contributed by atoms with Crippen molar-refractivity contribution in [3.05, 3.63) is 40.1 Å². The zero-order valence-electron chi connectivity index (χ0n) is 10.0. The second-order valence-corrected chi connectivity index (χ2v) is 4.36. The SMILES string of the molecule is CCc1onc(-c2ccc(C)c(Cl)c2)c1C(=O)O. The van der Waals surface area contributed by atoms with Crippen LogP contribution in [0.2, 0.25) is 5.02 Å². The third-order valence-electron chi connectivity index (χ3n) is 2.74. The quantitative estimate of drug-likeness (QED) is 0.921. The van der Waals surface area contributed by atoms with E-state index in [0.717, 1.165) is 5.56 Å². The molecule has 0 amide bonds. The maximum absolute atomic E-state index is 11.3. The van der Waals surface area contributed by atoms with Gasteiger partial charge in [0.15, 0.2) is 5.76 Å². The highest BCUT2D eigenvalue weighted by Crippen LogP contribution is 2.29. The first-order valence-corrected chi connectivity index (χ1v) is 5.90. The van der Waals surface area contributed by atoms with E-state index in [0.29, 0.717) is 28.5 Å². The number of benzene rings is 1. The number of aromatic nitrogens is 1. The lowest BCUT2D eigenvalue weighted by molar-refractivity contribution is 0.0695. The minimum Gasteiger partial charge on any atom is -0.477 e. The third-order valence-corrected chi connectivity index (χ3v) is 3.15. The Morgan fingerprint density at radius 2 is 2.22 bits per heavy atom. The number of carboxylic acids is 1. The highest BCUT2D eigenvalue weighted by atomic mass is 35.5. The van der Waals surface area contributed by atoms with Crippen LogP contribution in [0.4, 0.5) is 0 Å². The monoisotopic (exact) mass is 265 g/mol. The molecule has 0 saturated heterocycles. The molecule has 1 aromatic heterocycles. The summed E-state index contributed by atoms with van der Waals surface area (Å²) >= 11 is 6.03. The highest BCUT2D eigenvalue weighted by Gasteiger charge is 2.22. The summed E-state index contributed by atoms with van der Waals surface area (Å²) < 4.78 is 5.06. The molecule has 0 bridgehead atoms. The lowest BCUT2D eigenvalue weighted by Crippen LogP contribution is -2.00. The van der Waals surface area contributed by atoms with Crippen LogP contribution in [0.25, 0.3) is 11.3 Å². The molecular formula is C13H12ClNO3. The standard InChI is InChI=1S/C13H12ClNO3/c1-3-10-11(13(16)17)12(15-18-10)8-5-4-7(2)9(14)6-8/h4-6H,3H2,1-2H3,(H,16,17). The molecule has 0 spiro atoms. The number of hydrogen-bond acceptors (Lipinski definition) is 3. The van der Waals surface area contributed by atoms with Crippen LogP contribution in [-0.2, 0) is 6.42 Å². The van der Waals surface area contributed by atoms with Gasteiger partial charge in [-0.15, -0.1) is 0 Å². The van der Waals surface area contributed by atoms with Crippen LogP contribution < -0.4 is 0 Å². The van der Waals surface area contributed by atoms with Gasteiger partial charge < -0.3 is 9.63 Å². The predicted octanol–water partition coefficient (Wildman–Crippen LogP) is 3.56. The van der Waals surface area contributed by atoms with Crippen molar-refractivity contribution in [1.29, 1.82) is 0 Å². The van der Waals surface area contributed by atoms with Crippen molar-refractivity contribution >= 4 is 17.6 Å². The molecule has 94 valence electrons. The van der Waals surface area contributed by atoms with Gasteiger partial charge >= 0.3 is 5.97 Å². The molecule has 2 aromatic rings. The van der Waals surface area contributed by atoms with E-state index in [4.69, 9.17) is 16.1 Å². The smallest absolute Gasteiger partial charge is 0.341 e. The molecule has 1 aromatic carbocycles. The van der Waals surface area contributed by atoms with Crippen molar-refractivity contribution in [2.24, 2.45) is 0 Å². The van der Waals surface area contributed by atoms with Crippen LogP contribution in [0.5, 0.6) is 0 Å². The van der Waals surface area contributed by atoms with Crippen LogP contribution in [0.1, 0.15) is 28.6 Å². The molecule has 0 unspecified atom stereocenters. The van der Waals surface area contributed by atoms with Gasteiger partial charge in [0.1, 0.15) is 11.3 Å². The summed E-state index contributed by atoms with van der Waals surface area (Å²) in [6.07, 6.45) is 0.480. The molecule has 0 atom stereocenters. The minimum atomic E-state index is -1.04. The van der Waals surface area contributed by atoms with E-state index in [1.165, 1.54) is 0 Å². The van der Waals surface area contributed by atoms with E-state index in [2.05, 4.69) is 5.16 Å². The highest BCUT2D eigenvalue weighted by molar-refractivity contribution is 6.31. The summed E-state index contributed by atoms with van der Waals surface area (Å²) in [6.45, 7) is 3.70. The number of hydrogen-bond donors (Lipinski definition) is 1. The first-order valence-electron chi connectivity index (χ1n) is 5.53. The summed E-state index contributed by atoms with van der Waals surface area (Å²) in [5, 5.41) is 13.6. The molecule has 0 saturated carbocycles. The topological polar surface area (TPSA) is 63.3 Å². The zero-order valence-corrected chi connectivity index (χ0v) is 10.8. The number of nitrogens with zero attached hydrogens (tertiary/aromatic N) is 1. The van der Waals surface area contributed by atoms with Gasteiger partial charge in [-0.3, -0.25) is 0 Å². The second-order valence-electron chi connectivity index (χ2n) is 3.95. The van der Waals surface area contributed by atoms with Crippen LogP contribution in [0, 0.1) is 6.92 Å². The molecule has 1 N–H and O–H groups in total. The van der Waals surface area contributed by atoms with Crippen LogP contribution >= 0.6 is 11.6 Å². The first-order chi connectivity index (χ1) is 8.54. The first kappa shape index (κ1) is 12.6. The molecule has 5 heteroatoms. The van der Waals surface area contributed by atoms with Gasteiger partial charge in [-0.1, -0.05) is 35.8 Å². The molecule has 0 aliphatic carbocycles. The van der Waals surface area contributed by atoms with E-state index in [-0.39, 0.29) is 5.56 Å². The third kappa shape index (κ3) is 2.11. The summed E-state index contributed by atoms with van der Waals surface area (Å²) in [5.41, 5.74) is 2.00. The Labute approximate surface area is 109 Å². The Balaban J connectivity index is 2.60. The Bertz CT molecular complexity index is 604. The van der Waals surface area contributed by atoms with Crippen molar-refractivity contribution in [2.75, 3.05) is 0 Å². The Morgan fingerprint density at radius 3 is 2.78 bits per heavy atom. The fraction of sp³-hybridized carbons (Fsp3) is 0.231. The van der Waals surface area contributed by atoms with E-state index in [1.807, 2.05) is 19.9 Å². The molecule has 18 heavy (non-hydrogen) atoms. The van der Waals surface area contributed by atoms with E-state index in [1.54, 1.807) is 12.1 Å². The fourth-order valence-electron chi connectivity index (χ4n) is 1.72. The largest absolute Gasteiger partial charge is 0.477 e. The van der Waals surface area contributed by atoms with Gasteiger partial charge in [-0.05, 0) is 18.6 Å². The molecule has 0 radical (unpaired) electrons. The Morgan fingerprint density at radius 1 is 1.50 bits per heavy atom. The minimum absolute atomic E-state index is 0.109. The van der Waals surface area contributed by atoms with Gasteiger partial charge in [0.05, 0.1) is 0 Å². The summed E-state index contributed by atoms with van der Waals surface area (Å²) in [6, 6.07) is 5.30. The van der Waals surface area contributed by atoms with Gasteiger partial charge in [-0.2, -0.15) is 0 Å². The molecule has 0 fully saturated rings. The summed E-state index contributed by atoms with van der Waals surface area (Å²) in [7, 11) is 0. The number of carbonyl (C=O) groups is 1. The van der Waals surface area contributed by atoms with Gasteiger partial charge in [0.2, 0.25) is 0 Å². The zero-order chi connectivity index (χ0) is 13.3. The van der Waals surface area contributed by atoms with E-state index in [9.17, 15) is 9.90 Å². The number of carboxylic acid groups (broad SMARTS) is 1. The Hall–Kier alpha value is -1.81. The predicted molar refractivity (Wildman–Crippen MR) is 68.0 cm³/mol. The molecule has 2 rings (SSSR count). The number of aryl methyl sites for hydroxylation is 2. The lowest BCUT2D eigenvalue weighted by Gasteiger charge is -2.02. The van der Waals surface area contributed by atoms with Gasteiger partial charge in [0.25, 0.3) is 0 Å². The van der Waals surface area contributed by atoms with E-state index < -0.39 is 5.97 Å². The fourth-order valence-corrected chi connectivity index (χ4v) is 1.90. The summed E-state index contributed by atoms with van der Waals surface area (Å²) in [5.74, 6) is -0.672. The van der Waals surface area contributed by atoms with Gasteiger partial charge in [0, 0.05) is 17.0 Å². The van der Waals surface area contributed by atoms with Crippen LogP contribution in [0.15, 0.2) is 22.7 Å². The normalized spacial score (nSPS) is 10.6. The van der Waals surface area contributed by atoms with Crippen molar-refractivity contribution in [1.82, 2.24) is 5.16 Å². The number of aromatic carboxylic acids is 1. The average molecular weight is 266 g/mol. The Kier molecular flexibility index (Phi) is 3.39. The molecule has 1 heterocycles. The number of rotatable bonds is 3. The van der Waals surface area contributed by atoms with Crippen molar-refractivity contribution in [3.63, 3.8) is 0 Å². The summed E-state index contributed by atoms with van der Waals surface area (Å²) in [4.78, 5) is 11.3.